The van der Waals surface area contributed by atoms with Gasteiger partial charge in [0.1, 0.15) is 23.9 Å². The van der Waals surface area contributed by atoms with E-state index in [2.05, 4.69) is 20.0 Å². The molecule has 0 radical (unpaired) electrons. The standard InChI is InChI=1S/C16H23N5O4S/c1-26(24,25)19-7-9-6-12(14(23)13(9)22)21-5-4-11-15(20-10-2-3-10)17-8-18-16(11)21/h4-5,8-10,12-14,19,22-23H,2-3,6-7H2,1H3,(H,17,18,20)/t9-,12-,13-,14+/m1/s1. The fourth-order valence-corrected chi connectivity index (χ4v) is 4.13. The van der Waals surface area contributed by atoms with Crippen molar-refractivity contribution in [1.29, 1.82) is 0 Å². The first-order valence-corrected chi connectivity index (χ1v) is 10.6. The highest BCUT2D eigenvalue weighted by Crippen LogP contribution is 2.38. The zero-order chi connectivity index (χ0) is 18.5. The Labute approximate surface area is 151 Å². The summed E-state index contributed by atoms with van der Waals surface area (Å²) in [7, 11) is -3.35. The molecule has 0 unspecified atom stereocenters. The van der Waals surface area contributed by atoms with E-state index in [1.807, 2.05) is 16.8 Å². The Morgan fingerprint density at radius 3 is 2.73 bits per heavy atom. The summed E-state index contributed by atoms with van der Waals surface area (Å²) in [6, 6.07) is 1.99. The average Bonchev–Trinajstić information content (AvgIpc) is 3.22. The number of aromatic nitrogens is 3. The average molecular weight is 381 g/mol. The molecular weight excluding hydrogens is 358 g/mol. The maximum atomic E-state index is 11.3. The molecule has 10 heteroatoms. The quantitative estimate of drug-likeness (QED) is 0.547. The van der Waals surface area contributed by atoms with E-state index in [0.29, 0.717) is 18.1 Å². The minimum absolute atomic E-state index is 0.0935. The molecule has 2 aromatic heterocycles. The van der Waals surface area contributed by atoms with Crippen molar-refractivity contribution in [2.24, 2.45) is 5.92 Å². The van der Waals surface area contributed by atoms with E-state index in [4.69, 9.17) is 0 Å². The maximum absolute atomic E-state index is 11.3. The number of nitrogens with zero attached hydrogens (tertiary/aromatic N) is 3. The van der Waals surface area contributed by atoms with Crippen molar-refractivity contribution < 1.29 is 18.6 Å². The van der Waals surface area contributed by atoms with E-state index in [9.17, 15) is 18.6 Å². The first kappa shape index (κ1) is 17.7. The molecule has 0 amide bonds. The molecule has 2 aromatic rings. The summed E-state index contributed by atoms with van der Waals surface area (Å²) >= 11 is 0. The van der Waals surface area contributed by atoms with Crippen LogP contribution in [0.3, 0.4) is 0 Å². The summed E-state index contributed by atoms with van der Waals surface area (Å²) < 4.78 is 26.9. The molecule has 0 aliphatic heterocycles. The van der Waals surface area contributed by atoms with E-state index < -0.39 is 22.2 Å². The van der Waals surface area contributed by atoms with Crippen LogP contribution in [0.15, 0.2) is 18.6 Å². The monoisotopic (exact) mass is 381 g/mol. The van der Waals surface area contributed by atoms with Crippen LogP contribution in [0.5, 0.6) is 0 Å². The second-order valence-corrected chi connectivity index (χ2v) is 9.10. The van der Waals surface area contributed by atoms with E-state index in [1.54, 1.807) is 0 Å². The van der Waals surface area contributed by atoms with Crippen molar-refractivity contribution in [3.8, 4) is 0 Å². The minimum atomic E-state index is -3.35. The number of sulfonamides is 1. The maximum Gasteiger partial charge on any atom is 0.208 e. The molecular formula is C16H23N5O4S. The molecule has 0 saturated heterocycles. The van der Waals surface area contributed by atoms with Crippen molar-refractivity contribution in [3.63, 3.8) is 0 Å². The third-order valence-electron chi connectivity index (χ3n) is 5.16. The van der Waals surface area contributed by atoms with Crippen molar-refractivity contribution in [1.82, 2.24) is 19.3 Å². The van der Waals surface area contributed by atoms with Gasteiger partial charge in [-0.05, 0) is 25.3 Å². The number of hydrogen-bond donors (Lipinski definition) is 4. The van der Waals surface area contributed by atoms with E-state index >= 15 is 0 Å². The number of aliphatic hydroxyl groups excluding tert-OH is 2. The molecule has 26 heavy (non-hydrogen) atoms. The lowest BCUT2D eigenvalue weighted by Gasteiger charge is -2.19. The van der Waals surface area contributed by atoms with Crippen LogP contribution >= 0.6 is 0 Å². The summed E-state index contributed by atoms with van der Waals surface area (Å²) in [5.74, 6) is 0.410. The van der Waals surface area contributed by atoms with Gasteiger partial charge in [0.25, 0.3) is 0 Å². The van der Waals surface area contributed by atoms with Gasteiger partial charge in [-0.2, -0.15) is 0 Å². The number of rotatable bonds is 6. The van der Waals surface area contributed by atoms with Gasteiger partial charge in [0.2, 0.25) is 10.0 Å². The van der Waals surface area contributed by atoms with Gasteiger partial charge in [0, 0.05) is 24.7 Å². The highest BCUT2D eigenvalue weighted by Gasteiger charge is 2.43. The lowest BCUT2D eigenvalue weighted by Crippen LogP contribution is -2.35. The number of nitrogens with one attached hydrogen (secondary N) is 2. The van der Waals surface area contributed by atoms with Crippen molar-refractivity contribution in [2.75, 3.05) is 18.1 Å². The first-order valence-electron chi connectivity index (χ1n) is 8.72. The summed E-state index contributed by atoms with van der Waals surface area (Å²) in [6.07, 6.45) is 5.12. The van der Waals surface area contributed by atoms with Gasteiger partial charge in [-0.25, -0.2) is 23.1 Å². The van der Waals surface area contributed by atoms with Gasteiger partial charge in [0.15, 0.2) is 0 Å². The molecule has 2 aliphatic carbocycles. The van der Waals surface area contributed by atoms with Crippen LogP contribution in [0.2, 0.25) is 0 Å². The number of fused-ring (bicyclic) bond motifs is 1. The molecule has 0 aromatic carbocycles. The molecule has 0 spiro atoms. The van der Waals surface area contributed by atoms with Crippen LogP contribution in [-0.2, 0) is 10.0 Å². The first-order chi connectivity index (χ1) is 12.3. The molecule has 2 aliphatic rings. The topological polar surface area (TPSA) is 129 Å². The Bertz CT molecular complexity index is 911. The largest absolute Gasteiger partial charge is 0.390 e. The smallest absolute Gasteiger partial charge is 0.208 e. The van der Waals surface area contributed by atoms with Crippen LogP contribution in [0, 0.1) is 5.92 Å². The minimum Gasteiger partial charge on any atom is -0.390 e. The predicted octanol–water partition coefficient (Wildman–Crippen LogP) is -0.162. The fraction of sp³-hybridized carbons (Fsp3) is 0.625. The number of anilines is 1. The third kappa shape index (κ3) is 3.41. The van der Waals surface area contributed by atoms with E-state index in [1.165, 1.54) is 6.33 Å². The van der Waals surface area contributed by atoms with E-state index in [-0.39, 0.29) is 18.5 Å². The number of aliphatic hydroxyl groups is 2. The van der Waals surface area contributed by atoms with Gasteiger partial charge in [-0.3, -0.25) is 0 Å². The Hall–Kier alpha value is -1.75. The normalized spacial score (nSPS) is 29.3. The lowest BCUT2D eigenvalue weighted by atomic mass is 10.1. The van der Waals surface area contributed by atoms with Crippen LogP contribution in [-0.4, -0.2) is 64.2 Å². The molecule has 0 bridgehead atoms. The molecule has 142 valence electrons. The lowest BCUT2D eigenvalue weighted by molar-refractivity contribution is 0.00770. The molecule has 4 N–H and O–H groups in total. The third-order valence-corrected chi connectivity index (χ3v) is 5.85. The van der Waals surface area contributed by atoms with Crippen LogP contribution < -0.4 is 10.0 Å². The van der Waals surface area contributed by atoms with Crippen molar-refractivity contribution in [2.45, 2.75) is 43.6 Å². The van der Waals surface area contributed by atoms with E-state index in [0.717, 1.165) is 30.3 Å². The Morgan fingerprint density at radius 2 is 2.04 bits per heavy atom. The molecule has 4 atom stereocenters. The van der Waals surface area contributed by atoms with Crippen molar-refractivity contribution in [3.05, 3.63) is 18.6 Å². The summed E-state index contributed by atoms with van der Waals surface area (Å²) in [6.45, 7) is 0.0935. The van der Waals surface area contributed by atoms with Crippen molar-refractivity contribution >= 4 is 26.9 Å². The highest BCUT2D eigenvalue weighted by atomic mass is 32.2. The SMILES string of the molecule is CS(=O)(=O)NC[C@H]1C[C@@H](n2ccc3c(NC4CC4)ncnc32)[C@H](O)[C@@H]1O. The van der Waals surface area contributed by atoms with Crippen LogP contribution in [0.4, 0.5) is 5.82 Å². The predicted molar refractivity (Wildman–Crippen MR) is 96.2 cm³/mol. The van der Waals surface area contributed by atoms with Crippen LogP contribution in [0.1, 0.15) is 25.3 Å². The summed E-state index contributed by atoms with van der Waals surface area (Å²) in [5, 5.41) is 25.1. The van der Waals surface area contributed by atoms with Gasteiger partial charge in [-0.15, -0.1) is 0 Å². The molecule has 2 fully saturated rings. The van der Waals surface area contributed by atoms with Gasteiger partial charge >= 0.3 is 0 Å². The summed E-state index contributed by atoms with van der Waals surface area (Å²) in [4.78, 5) is 8.66. The number of hydrogen-bond acceptors (Lipinski definition) is 7. The fourth-order valence-electron chi connectivity index (χ4n) is 3.61. The second kappa shape index (κ2) is 6.45. The second-order valence-electron chi connectivity index (χ2n) is 7.27. The Balaban J connectivity index is 1.58. The molecule has 2 heterocycles. The zero-order valence-corrected chi connectivity index (χ0v) is 15.2. The Morgan fingerprint density at radius 1 is 1.27 bits per heavy atom. The zero-order valence-electron chi connectivity index (χ0n) is 14.4. The Kier molecular flexibility index (Phi) is 4.38. The van der Waals surface area contributed by atoms with Crippen LogP contribution in [0.25, 0.3) is 11.0 Å². The molecule has 2 saturated carbocycles. The van der Waals surface area contributed by atoms with Gasteiger partial charge in [-0.1, -0.05) is 0 Å². The summed E-state index contributed by atoms with van der Waals surface area (Å²) in [5.41, 5.74) is 0.691. The molecule has 4 rings (SSSR count). The van der Waals surface area contributed by atoms with Gasteiger partial charge < -0.3 is 20.1 Å². The molecule has 9 nitrogen and oxygen atoms in total. The van der Waals surface area contributed by atoms with Gasteiger partial charge in [0.05, 0.1) is 23.8 Å². The highest BCUT2D eigenvalue weighted by molar-refractivity contribution is 7.88.